The minimum absolute atomic E-state index is 0.0820. The first-order valence-electron chi connectivity index (χ1n) is 9.75. The molecule has 0 aromatic carbocycles. The summed E-state index contributed by atoms with van der Waals surface area (Å²) in [5.41, 5.74) is 6.50. The first kappa shape index (κ1) is 19.5. The molecule has 0 unspecified atom stereocenters. The van der Waals surface area contributed by atoms with Gasteiger partial charge in [-0.2, -0.15) is 0 Å². The lowest BCUT2D eigenvalue weighted by molar-refractivity contribution is -0.0415. The van der Waals surface area contributed by atoms with Gasteiger partial charge in [-0.1, -0.05) is 0 Å². The van der Waals surface area contributed by atoms with Crippen molar-refractivity contribution in [2.24, 2.45) is 0 Å². The number of carbonyl (C=O) groups is 1. The number of piperidine rings is 1. The number of nitrogens with zero attached hydrogens (tertiary/aromatic N) is 3. The van der Waals surface area contributed by atoms with Crippen molar-refractivity contribution in [2.75, 3.05) is 31.1 Å². The van der Waals surface area contributed by atoms with E-state index >= 15 is 0 Å². The highest BCUT2D eigenvalue weighted by atomic mass is 16.7. The van der Waals surface area contributed by atoms with Gasteiger partial charge in [-0.15, -0.1) is 0 Å². The fraction of sp³-hybridized carbons (Fsp3) is 0.600. The van der Waals surface area contributed by atoms with E-state index < -0.39 is 0 Å². The number of aromatic nitrogens is 1. The topological polar surface area (TPSA) is 66.9 Å². The monoisotopic (exact) mass is 374 g/mol. The van der Waals surface area contributed by atoms with Crippen LogP contribution in [0.5, 0.6) is 0 Å². The molecule has 0 saturated carbocycles. The summed E-state index contributed by atoms with van der Waals surface area (Å²) in [7, 11) is 0. The van der Waals surface area contributed by atoms with E-state index in [1.165, 1.54) is 5.69 Å². The van der Waals surface area contributed by atoms with Crippen molar-refractivity contribution in [3.8, 4) is 0 Å². The van der Waals surface area contributed by atoms with E-state index in [-0.39, 0.29) is 18.3 Å². The van der Waals surface area contributed by atoms with E-state index in [0.29, 0.717) is 13.1 Å². The van der Waals surface area contributed by atoms with Crippen LogP contribution in [0.3, 0.4) is 0 Å². The number of hydroxylamine groups is 1. The Morgan fingerprint density at radius 3 is 2.70 bits per heavy atom. The van der Waals surface area contributed by atoms with Gasteiger partial charge in [0, 0.05) is 44.5 Å². The molecule has 0 atom stereocenters. The highest BCUT2D eigenvalue weighted by molar-refractivity contribution is 5.67. The molecule has 1 fully saturated rings. The quantitative estimate of drug-likeness (QED) is 0.799. The van der Waals surface area contributed by atoms with Gasteiger partial charge in [0.25, 0.3) is 0 Å². The summed E-state index contributed by atoms with van der Waals surface area (Å²) in [5.74, 6) is 0. The number of ether oxygens (including phenoxy) is 1. The van der Waals surface area contributed by atoms with Crippen molar-refractivity contribution in [1.29, 1.82) is 0 Å². The van der Waals surface area contributed by atoms with Gasteiger partial charge in [0.1, 0.15) is 0 Å². The van der Waals surface area contributed by atoms with Gasteiger partial charge in [0.2, 0.25) is 0 Å². The van der Waals surface area contributed by atoms with Crippen molar-refractivity contribution in [3.63, 3.8) is 0 Å². The molecule has 2 aliphatic rings. The summed E-state index contributed by atoms with van der Waals surface area (Å²) in [6, 6.07) is 4.09. The molecule has 1 N–H and O–H groups in total. The predicted molar refractivity (Wildman–Crippen MR) is 104 cm³/mol. The van der Waals surface area contributed by atoms with Crippen LogP contribution in [-0.4, -0.2) is 54.4 Å². The molecule has 1 aromatic heterocycles. The van der Waals surface area contributed by atoms with E-state index in [0.717, 1.165) is 43.7 Å². The Kier molecular flexibility index (Phi) is 6.55. The van der Waals surface area contributed by atoms with Gasteiger partial charge in [0.15, 0.2) is 0 Å². The molecule has 1 saturated heterocycles. The number of pyridine rings is 1. The second-order valence-corrected chi connectivity index (χ2v) is 7.37. The van der Waals surface area contributed by atoms with Gasteiger partial charge in [0.05, 0.1) is 23.6 Å². The molecule has 3 rings (SSSR count). The molecule has 0 bridgehead atoms. The van der Waals surface area contributed by atoms with Crippen molar-refractivity contribution in [2.45, 2.75) is 52.2 Å². The molecule has 7 heteroatoms. The average molecular weight is 374 g/mol. The molecule has 148 valence electrons. The second kappa shape index (κ2) is 9.08. The van der Waals surface area contributed by atoms with Crippen molar-refractivity contribution in [3.05, 3.63) is 35.8 Å². The molecule has 0 radical (unpaired) electrons. The molecule has 27 heavy (non-hydrogen) atoms. The van der Waals surface area contributed by atoms with Gasteiger partial charge in [-0.3, -0.25) is 15.3 Å². The smallest absolute Gasteiger partial charge is 0.410 e. The molecule has 0 aliphatic carbocycles. The number of nitrogens with one attached hydrogen (secondary N) is 1. The lowest BCUT2D eigenvalue weighted by Crippen LogP contribution is -2.43. The first-order chi connectivity index (χ1) is 13.0. The third-order valence-corrected chi connectivity index (χ3v) is 4.92. The van der Waals surface area contributed by atoms with Crippen LogP contribution in [0.25, 0.3) is 0 Å². The van der Waals surface area contributed by atoms with E-state index in [1.807, 2.05) is 33.0 Å². The SMILES string of the molecule is Cc1ncccc1N1CC=C(NOC2CCN(C(=O)OC(C)C)CC2)CC1. The van der Waals surface area contributed by atoms with Crippen LogP contribution in [0, 0.1) is 6.92 Å². The van der Waals surface area contributed by atoms with Gasteiger partial charge < -0.3 is 14.5 Å². The molecule has 0 spiro atoms. The van der Waals surface area contributed by atoms with Gasteiger partial charge >= 0.3 is 6.09 Å². The Bertz CT molecular complexity index is 669. The molecular formula is C20H30N4O3. The summed E-state index contributed by atoms with van der Waals surface area (Å²) in [5, 5.41) is 0. The standard InChI is InChI=1S/C20H30N4O3/c1-15(2)26-20(25)24-13-8-18(9-14-24)27-22-17-6-11-23(12-7-17)19-5-4-10-21-16(19)3/h4-6,10,15,18,22H,7-9,11-14H2,1-3H3. The number of hydrogen-bond donors (Lipinski definition) is 1. The van der Waals surface area contributed by atoms with Crippen LogP contribution in [0.15, 0.2) is 30.1 Å². The minimum atomic E-state index is -0.225. The van der Waals surface area contributed by atoms with Crippen molar-refractivity contribution < 1.29 is 14.4 Å². The molecular weight excluding hydrogens is 344 g/mol. The number of likely N-dealkylation sites (tertiary alicyclic amines) is 1. The highest BCUT2D eigenvalue weighted by Crippen LogP contribution is 2.21. The van der Waals surface area contributed by atoms with Crippen molar-refractivity contribution >= 4 is 11.8 Å². The van der Waals surface area contributed by atoms with E-state index in [9.17, 15) is 4.79 Å². The zero-order valence-corrected chi connectivity index (χ0v) is 16.5. The van der Waals surface area contributed by atoms with E-state index in [1.54, 1.807) is 4.90 Å². The molecule has 1 amide bonds. The Morgan fingerprint density at radius 2 is 2.07 bits per heavy atom. The largest absolute Gasteiger partial charge is 0.447 e. The minimum Gasteiger partial charge on any atom is -0.447 e. The van der Waals surface area contributed by atoms with Crippen LogP contribution in [0.4, 0.5) is 10.5 Å². The number of rotatable bonds is 5. The zero-order chi connectivity index (χ0) is 19.2. The molecule has 7 nitrogen and oxygen atoms in total. The summed E-state index contributed by atoms with van der Waals surface area (Å²) in [6.07, 6.45) is 6.35. The Balaban J connectivity index is 1.40. The Hall–Kier alpha value is -2.28. The lowest BCUT2D eigenvalue weighted by Gasteiger charge is -2.33. The van der Waals surface area contributed by atoms with Crippen LogP contribution < -0.4 is 10.4 Å². The number of amides is 1. The zero-order valence-electron chi connectivity index (χ0n) is 16.5. The van der Waals surface area contributed by atoms with Crippen LogP contribution in [0.2, 0.25) is 0 Å². The first-order valence-corrected chi connectivity index (χ1v) is 9.75. The number of hydrogen-bond acceptors (Lipinski definition) is 6. The van der Waals surface area contributed by atoms with Crippen LogP contribution in [-0.2, 0) is 9.57 Å². The van der Waals surface area contributed by atoms with Crippen LogP contribution in [0.1, 0.15) is 38.8 Å². The van der Waals surface area contributed by atoms with E-state index in [4.69, 9.17) is 9.57 Å². The molecule has 3 heterocycles. The fourth-order valence-corrected chi connectivity index (χ4v) is 3.38. The third kappa shape index (κ3) is 5.35. The number of anilines is 1. The average Bonchev–Trinajstić information content (AvgIpc) is 2.67. The normalized spacial score (nSPS) is 18.4. The van der Waals surface area contributed by atoms with Gasteiger partial charge in [-0.05, 0) is 51.8 Å². The summed E-state index contributed by atoms with van der Waals surface area (Å²) in [4.78, 5) is 26.2. The second-order valence-electron chi connectivity index (χ2n) is 7.37. The molecule has 2 aliphatic heterocycles. The predicted octanol–water partition coefficient (Wildman–Crippen LogP) is 3.01. The lowest BCUT2D eigenvalue weighted by atomic mass is 10.1. The molecule has 1 aromatic rings. The number of carbonyl (C=O) groups excluding carboxylic acids is 1. The number of aryl methyl sites for hydroxylation is 1. The van der Waals surface area contributed by atoms with E-state index in [2.05, 4.69) is 27.5 Å². The summed E-state index contributed by atoms with van der Waals surface area (Å²) >= 11 is 0. The maximum absolute atomic E-state index is 11.9. The third-order valence-electron chi connectivity index (χ3n) is 4.92. The van der Waals surface area contributed by atoms with Crippen LogP contribution >= 0.6 is 0 Å². The Morgan fingerprint density at radius 1 is 1.30 bits per heavy atom. The fourth-order valence-electron chi connectivity index (χ4n) is 3.38. The highest BCUT2D eigenvalue weighted by Gasteiger charge is 2.25. The summed E-state index contributed by atoms with van der Waals surface area (Å²) < 4.78 is 5.25. The van der Waals surface area contributed by atoms with Crippen molar-refractivity contribution in [1.82, 2.24) is 15.4 Å². The Labute approximate surface area is 161 Å². The summed E-state index contributed by atoms with van der Waals surface area (Å²) in [6.45, 7) is 8.90. The maximum atomic E-state index is 11.9. The van der Waals surface area contributed by atoms with Gasteiger partial charge in [-0.25, -0.2) is 4.79 Å². The maximum Gasteiger partial charge on any atom is 0.410 e.